The number of methoxy groups -OCH3 is 2. The van der Waals surface area contributed by atoms with Crippen LogP contribution in [0.15, 0.2) is 18.2 Å². The minimum Gasteiger partial charge on any atom is -0.497 e. The number of ketones is 1. The number of ether oxygens (including phenoxy) is 2. The summed E-state index contributed by atoms with van der Waals surface area (Å²) in [5, 5.41) is 0. The SMILES string of the molecule is COc1ccc(OC)c(C2CCC(=O)C2C)c1. The molecule has 0 spiro atoms. The normalized spacial score (nSPS) is 23.8. The zero-order chi connectivity index (χ0) is 12.4. The third-order valence-corrected chi connectivity index (χ3v) is 3.65. The Bertz CT molecular complexity index is 425. The van der Waals surface area contributed by atoms with Gasteiger partial charge in [-0.15, -0.1) is 0 Å². The van der Waals surface area contributed by atoms with Gasteiger partial charge >= 0.3 is 0 Å². The van der Waals surface area contributed by atoms with E-state index in [0.29, 0.717) is 12.2 Å². The fourth-order valence-corrected chi connectivity index (χ4v) is 2.55. The molecule has 2 atom stereocenters. The summed E-state index contributed by atoms with van der Waals surface area (Å²) in [6.45, 7) is 2.00. The lowest BCUT2D eigenvalue weighted by molar-refractivity contribution is -0.120. The van der Waals surface area contributed by atoms with Crippen molar-refractivity contribution in [3.8, 4) is 11.5 Å². The van der Waals surface area contributed by atoms with Crippen molar-refractivity contribution in [1.82, 2.24) is 0 Å². The zero-order valence-corrected chi connectivity index (χ0v) is 10.5. The molecule has 92 valence electrons. The third kappa shape index (κ3) is 2.14. The Morgan fingerprint density at radius 2 is 2.00 bits per heavy atom. The average molecular weight is 234 g/mol. The van der Waals surface area contributed by atoms with Crippen LogP contribution in [0.2, 0.25) is 0 Å². The van der Waals surface area contributed by atoms with Gasteiger partial charge in [0.2, 0.25) is 0 Å². The molecule has 3 heteroatoms. The van der Waals surface area contributed by atoms with Gasteiger partial charge in [0.1, 0.15) is 17.3 Å². The molecule has 17 heavy (non-hydrogen) atoms. The highest BCUT2D eigenvalue weighted by molar-refractivity contribution is 5.84. The van der Waals surface area contributed by atoms with Crippen LogP contribution in [0, 0.1) is 5.92 Å². The van der Waals surface area contributed by atoms with E-state index in [9.17, 15) is 4.79 Å². The summed E-state index contributed by atoms with van der Waals surface area (Å²) in [6.07, 6.45) is 1.58. The second kappa shape index (κ2) is 4.78. The molecule has 0 amide bonds. The summed E-state index contributed by atoms with van der Waals surface area (Å²) < 4.78 is 10.6. The van der Waals surface area contributed by atoms with Crippen LogP contribution < -0.4 is 9.47 Å². The van der Waals surface area contributed by atoms with Gasteiger partial charge in [-0.05, 0) is 30.5 Å². The van der Waals surface area contributed by atoms with Gasteiger partial charge in [0.05, 0.1) is 14.2 Å². The molecule has 0 N–H and O–H groups in total. The first-order valence-electron chi connectivity index (χ1n) is 5.92. The van der Waals surface area contributed by atoms with Crippen molar-refractivity contribution in [2.45, 2.75) is 25.7 Å². The number of rotatable bonds is 3. The lowest BCUT2D eigenvalue weighted by Gasteiger charge is -2.18. The van der Waals surface area contributed by atoms with Gasteiger partial charge in [-0.25, -0.2) is 0 Å². The minimum atomic E-state index is 0.0796. The summed E-state index contributed by atoms with van der Waals surface area (Å²) in [4.78, 5) is 11.6. The molecule has 0 bridgehead atoms. The fraction of sp³-hybridized carbons (Fsp3) is 0.500. The van der Waals surface area contributed by atoms with Crippen LogP contribution >= 0.6 is 0 Å². The summed E-state index contributed by atoms with van der Waals surface area (Å²) in [6, 6.07) is 5.77. The standard InChI is InChI=1S/C14H18O3/c1-9-11(5-6-13(9)15)12-8-10(16-2)4-7-14(12)17-3/h4,7-9,11H,5-6H2,1-3H3. The summed E-state index contributed by atoms with van der Waals surface area (Å²) in [7, 11) is 3.31. The maximum absolute atomic E-state index is 11.6. The lowest BCUT2D eigenvalue weighted by atomic mass is 9.89. The molecule has 1 aromatic carbocycles. The van der Waals surface area contributed by atoms with E-state index in [1.165, 1.54) is 0 Å². The van der Waals surface area contributed by atoms with Crippen LogP contribution in [0.3, 0.4) is 0 Å². The molecule has 1 aromatic rings. The fourth-order valence-electron chi connectivity index (χ4n) is 2.55. The second-order valence-corrected chi connectivity index (χ2v) is 4.51. The van der Waals surface area contributed by atoms with E-state index in [-0.39, 0.29) is 11.8 Å². The molecule has 0 saturated heterocycles. The van der Waals surface area contributed by atoms with Crippen molar-refractivity contribution < 1.29 is 14.3 Å². The van der Waals surface area contributed by atoms with Crippen molar-refractivity contribution in [1.29, 1.82) is 0 Å². The molecule has 1 fully saturated rings. The number of Topliss-reactive ketones (excluding diaryl/α,β-unsaturated/α-hetero) is 1. The van der Waals surface area contributed by atoms with E-state index in [2.05, 4.69) is 0 Å². The Hall–Kier alpha value is -1.51. The molecule has 0 aliphatic heterocycles. The van der Waals surface area contributed by atoms with E-state index < -0.39 is 0 Å². The van der Waals surface area contributed by atoms with Gasteiger partial charge in [-0.2, -0.15) is 0 Å². The van der Waals surface area contributed by atoms with E-state index in [4.69, 9.17) is 9.47 Å². The van der Waals surface area contributed by atoms with Crippen LogP contribution in [-0.2, 0) is 4.79 Å². The van der Waals surface area contributed by atoms with Gasteiger partial charge < -0.3 is 9.47 Å². The predicted octanol–water partition coefficient (Wildman–Crippen LogP) is 2.79. The molecule has 3 nitrogen and oxygen atoms in total. The van der Waals surface area contributed by atoms with Crippen molar-refractivity contribution in [2.75, 3.05) is 14.2 Å². The highest BCUT2D eigenvalue weighted by Crippen LogP contribution is 2.42. The van der Waals surface area contributed by atoms with Crippen LogP contribution in [0.4, 0.5) is 0 Å². The lowest BCUT2D eigenvalue weighted by Crippen LogP contribution is -2.10. The maximum Gasteiger partial charge on any atom is 0.136 e. The van der Waals surface area contributed by atoms with E-state index in [0.717, 1.165) is 23.5 Å². The molecule has 1 aliphatic rings. The quantitative estimate of drug-likeness (QED) is 0.806. The summed E-state index contributed by atoms with van der Waals surface area (Å²) in [5.74, 6) is 2.34. The molecular formula is C14H18O3. The largest absolute Gasteiger partial charge is 0.497 e. The molecular weight excluding hydrogens is 216 g/mol. The van der Waals surface area contributed by atoms with Gasteiger partial charge in [0, 0.05) is 17.9 Å². The number of hydrogen-bond donors (Lipinski definition) is 0. The zero-order valence-electron chi connectivity index (χ0n) is 10.5. The van der Waals surface area contributed by atoms with Crippen LogP contribution in [0.25, 0.3) is 0 Å². The average Bonchev–Trinajstić information content (AvgIpc) is 2.69. The van der Waals surface area contributed by atoms with E-state index >= 15 is 0 Å². The van der Waals surface area contributed by atoms with Gasteiger partial charge in [0.15, 0.2) is 0 Å². The highest BCUT2D eigenvalue weighted by Gasteiger charge is 2.33. The monoisotopic (exact) mass is 234 g/mol. The smallest absolute Gasteiger partial charge is 0.136 e. The summed E-state index contributed by atoms with van der Waals surface area (Å²) in [5.41, 5.74) is 1.09. The Morgan fingerprint density at radius 1 is 1.24 bits per heavy atom. The third-order valence-electron chi connectivity index (χ3n) is 3.65. The first-order valence-corrected chi connectivity index (χ1v) is 5.92. The van der Waals surface area contributed by atoms with Gasteiger partial charge in [0.25, 0.3) is 0 Å². The van der Waals surface area contributed by atoms with E-state index in [1.54, 1.807) is 14.2 Å². The number of benzene rings is 1. The molecule has 0 radical (unpaired) electrons. The van der Waals surface area contributed by atoms with Crippen LogP contribution in [-0.4, -0.2) is 20.0 Å². The molecule has 2 rings (SSSR count). The molecule has 1 saturated carbocycles. The minimum absolute atomic E-state index is 0.0796. The van der Waals surface area contributed by atoms with Crippen molar-refractivity contribution in [3.05, 3.63) is 23.8 Å². The highest BCUT2D eigenvalue weighted by atomic mass is 16.5. The van der Waals surface area contributed by atoms with Crippen molar-refractivity contribution >= 4 is 5.78 Å². The Labute approximate surface area is 102 Å². The maximum atomic E-state index is 11.6. The molecule has 2 unspecified atom stereocenters. The number of carbonyl (C=O) groups excluding carboxylic acids is 1. The Kier molecular flexibility index (Phi) is 3.36. The first-order chi connectivity index (χ1) is 8.17. The first kappa shape index (κ1) is 12.0. The van der Waals surface area contributed by atoms with Crippen molar-refractivity contribution in [2.24, 2.45) is 5.92 Å². The van der Waals surface area contributed by atoms with Gasteiger partial charge in [-0.1, -0.05) is 6.92 Å². The van der Waals surface area contributed by atoms with E-state index in [1.807, 2.05) is 25.1 Å². The number of carbonyl (C=O) groups is 1. The number of hydrogen-bond acceptors (Lipinski definition) is 3. The molecule has 0 aromatic heterocycles. The van der Waals surface area contributed by atoms with Crippen molar-refractivity contribution in [3.63, 3.8) is 0 Å². The summed E-state index contributed by atoms with van der Waals surface area (Å²) >= 11 is 0. The van der Waals surface area contributed by atoms with Crippen LogP contribution in [0.1, 0.15) is 31.2 Å². The van der Waals surface area contributed by atoms with Crippen LogP contribution in [0.5, 0.6) is 11.5 Å². The Morgan fingerprint density at radius 3 is 2.53 bits per heavy atom. The second-order valence-electron chi connectivity index (χ2n) is 4.51. The Balaban J connectivity index is 2.39. The van der Waals surface area contributed by atoms with Gasteiger partial charge in [-0.3, -0.25) is 4.79 Å². The molecule has 0 heterocycles. The molecule has 1 aliphatic carbocycles. The topological polar surface area (TPSA) is 35.5 Å². The predicted molar refractivity (Wildman–Crippen MR) is 65.7 cm³/mol.